The van der Waals surface area contributed by atoms with Crippen molar-refractivity contribution < 1.29 is 23.1 Å². The first kappa shape index (κ1) is 19.5. The second-order valence-electron chi connectivity index (χ2n) is 7.15. The fourth-order valence-electron chi connectivity index (χ4n) is 3.89. The van der Waals surface area contributed by atoms with Gasteiger partial charge in [0.05, 0.1) is 17.1 Å². The fraction of sp³-hybridized carbons (Fsp3) is 0.286. The van der Waals surface area contributed by atoms with E-state index in [2.05, 4.69) is 4.72 Å². The molecule has 7 nitrogen and oxygen atoms in total. The summed E-state index contributed by atoms with van der Waals surface area (Å²) in [5, 5.41) is 10.3. The molecule has 0 fully saturated rings. The Morgan fingerprint density at radius 2 is 2.03 bits per heavy atom. The molecule has 0 radical (unpaired) electrons. The Labute approximate surface area is 169 Å². The number of sulfonamides is 1. The standard InChI is InChI=1S/C21H22N2O5S/c1-28-10-9-23-8-7-15-12-17(5-6-19(15)23)22-29(26,27)20-13-16(21(24)25)11-14-3-2-4-18(14)20/h5-8,11-13,22H,2-4,9-10H2,1H3,(H,24,25). The molecule has 1 aliphatic carbocycles. The Morgan fingerprint density at radius 3 is 2.79 bits per heavy atom. The van der Waals surface area contributed by atoms with Crippen molar-refractivity contribution in [2.45, 2.75) is 30.7 Å². The Morgan fingerprint density at radius 1 is 1.21 bits per heavy atom. The molecule has 2 aromatic carbocycles. The average Bonchev–Trinajstić information content (AvgIpc) is 3.31. The maximum Gasteiger partial charge on any atom is 0.335 e. The normalized spacial score (nSPS) is 13.6. The molecule has 0 aliphatic heterocycles. The monoisotopic (exact) mass is 414 g/mol. The summed E-state index contributed by atoms with van der Waals surface area (Å²) in [5.74, 6) is -1.13. The molecule has 8 heteroatoms. The number of hydrogen-bond acceptors (Lipinski definition) is 4. The molecule has 1 aliphatic rings. The number of carboxylic acids is 1. The van der Waals surface area contributed by atoms with E-state index in [1.165, 1.54) is 6.07 Å². The average molecular weight is 414 g/mol. The summed E-state index contributed by atoms with van der Waals surface area (Å²) in [7, 11) is -2.26. The number of benzene rings is 2. The summed E-state index contributed by atoms with van der Waals surface area (Å²) >= 11 is 0. The number of methoxy groups -OCH3 is 1. The summed E-state index contributed by atoms with van der Waals surface area (Å²) < 4.78 is 36.0. The van der Waals surface area contributed by atoms with Gasteiger partial charge < -0.3 is 14.4 Å². The lowest BCUT2D eigenvalue weighted by Gasteiger charge is -2.13. The Hall–Kier alpha value is -2.84. The van der Waals surface area contributed by atoms with Crippen LogP contribution in [0.25, 0.3) is 10.9 Å². The van der Waals surface area contributed by atoms with Crippen molar-refractivity contribution in [3.8, 4) is 0 Å². The van der Waals surface area contributed by atoms with Crippen molar-refractivity contribution in [2.75, 3.05) is 18.4 Å². The van der Waals surface area contributed by atoms with E-state index in [1.807, 2.05) is 22.9 Å². The summed E-state index contributed by atoms with van der Waals surface area (Å²) in [5.41, 5.74) is 2.94. The maximum atomic E-state index is 13.1. The summed E-state index contributed by atoms with van der Waals surface area (Å²) in [6, 6.07) is 10.1. The lowest BCUT2D eigenvalue weighted by Crippen LogP contribution is -2.16. The predicted octanol–water partition coefficient (Wildman–Crippen LogP) is 3.28. The van der Waals surface area contributed by atoms with Crippen molar-refractivity contribution in [1.82, 2.24) is 4.57 Å². The smallest absolute Gasteiger partial charge is 0.335 e. The van der Waals surface area contributed by atoms with E-state index in [9.17, 15) is 18.3 Å². The van der Waals surface area contributed by atoms with Gasteiger partial charge >= 0.3 is 5.97 Å². The minimum Gasteiger partial charge on any atom is -0.478 e. The van der Waals surface area contributed by atoms with Gasteiger partial charge in [-0.15, -0.1) is 0 Å². The first-order valence-corrected chi connectivity index (χ1v) is 10.9. The van der Waals surface area contributed by atoms with Crippen LogP contribution in [-0.4, -0.2) is 37.8 Å². The minimum atomic E-state index is -3.91. The Balaban J connectivity index is 1.68. The molecular weight excluding hydrogens is 392 g/mol. The first-order valence-electron chi connectivity index (χ1n) is 9.39. The van der Waals surface area contributed by atoms with Crippen molar-refractivity contribution in [3.05, 3.63) is 59.3 Å². The van der Waals surface area contributed by atoms with Gasteiger partial charge in [-0.2, -0.15) is 0 Å². The van der Waals surface area contributed by atoms with E-state index in [0.717, 1.165) is 22.9 Å². The lowest BCUT2D eigenvalue weighted by molar-refractivity contribution is 0.0696. The summed E-state index contributed by atoms with van der Waals surface area (Å²) in [6.07, 6.45) is 4.08. The van der Waals surface area contributed by atoms with Crippen LogP contribution in [0.4, 0.5) is 5.69 Å². The number of carboxylic acid groups (broad SMARTS) is 1. The van der Waals surface area contributed by atoms with E-state index in [1.54, 1.807) is 25.3 Å². The third-order valence-corrected chi connectivity index (χ3v) is 6.72. The lowest BCUT2D eigenvalue weighted by atomic mass is 10.1. The van der Waals surface area contributed by atoms with Crippen LogP contribution in [0.1, 0.15) is 27.9 Å². The fourth-order valence-corrected chi connectivity index (χ4v) is 5.27. The van der Waals surface area contributed by atoms with Crippen LogP contribution in [0.15, 0.2) is 47.5 Å². The molecule has 1 aromatic heterocycles. The Kier molecular flexibility index (Phi) is 5.06. The van der Waals surface area contributed by atoms with E-state index >= 15 is 0 Å². The minimum absolute atomic E-state index is 0.00306. The van der Waals surface area contributed by atoms with Crippen LogP contribution < -0.4 is 4.72 Å². The molecule has 0 saturated carbocycles. The largest absolute Gasteiger partial charge is 0.478 e. The highest BCUT2D eigenvalue weighted by atomic mass is 32.2. The van der Waals surface area contributed by atoms with E-state index in [0.29, 0.717) is 37.2 Å². The van der Waals surface area contributed by atoms with Crippen molar-refractivity contribution >= 4 is 32.6 Å². The molecule has 0 saturated heterocycles. The van der Waals surface area contributed by atoms with Gasteiger partial charge in [0.2, 0.25) is 0 Å². The number of fused-ring (bicyclic) bond motifs is 2. The van der Waals surface area contributed by atoms with Gasteiger partial charge in [-0.3, -0.25) is 4.72 Å². The topological polar surface area (TPSA) is 97.6 Å². The van der Waals surface area contributed by atoms with Gasteiger partial charge in [0.25, 0.3) is 10.0 Å². The summed E-state index contributed by atoms with van der Waals surface area (Å²) in [4.78, 5) is 11.5. The van der Waals surface area contributed by atoms with Gasteiger partial charge in [-0.1, -0.05) is 0 Å². The number of aryl methyl sites for hydroxylation is 1. The van der Waals surface area contributed by atoms with Crippen molar-refractivity contribution in [3.63, 3.8) is 0 Å². The van der Waals surface area contributed by atoms with Gasteiger partial charge in [0.15, 0.2) is 0 Å². The highest BCUT2D eigenvalue weighted by Gasteiger charge is 2.26. The van der Waals surface area contributed by atoms with Crippen LogP contribution in [0.3, 0.4) is 0 Å². The SMILES string of the molecule is COCCn1ccc2cc(NS(=O)(=O)c3cc(C(=O)O)cc4c3CCC4)ccc21. The zero-order valence-electron chi connectivity index (χ0n) is 16.0. The molecule has 0 unspecified atom stereocenters. The van der Waals surface area contributed by atoms with Crippen molar-refractivity contribution in [1.29, 1.82) is 0 Å². The van der Waals surface area contributed by atoms with Crippen molar-refractivity contribution in [2.24, 2.45) is 0 Å². The number of nitrogens with one attached hydrogen (secondary N) is 1. The molecule has 2 N–H and O–H groups in total. The highest BCUT2D eigenvalue weighted by Crippen LogP contribution is 2.31. The predicted molar refractivity (Wildman–Crippen MR) is 110 cm³/mol. The van der Waals surface area contributed by atoms with Crippen LogP contribution in [0.5, 0.6) is 0 Å². The van der Waals surface area contributed by atoms with E-state index < -0.39 is 16.0 Å². The molecule has 29 heavy (non-hydrogen) atoms. The van der Waals surface area contributed by atoms with E-state index in [-0.39, 0.29) is 10.5 Å². The molecular formula is C21H22N2O5S. The zero-order chi connectivity index (χ0) is 20.6. The molecule has 0 amide bonds. The third-order valence-electron chi connectivity index (χ3n) is 5.27. The molecule has 0 bridgehead atoms. The van der Waals surface area contributed by atoms with Crippen LogP contribution >= 0.6 is 0 Å². The van der Waals surface area contributed by atoms with Gasteiger partial charge in [0, 0.05) is 36.4 Å². The second-order valence-corrected chi connectivity index (χ2v) is 8.80. The van der Waals surface area contributed by atoms with Crippen LogP contribution in [0.2, 0.25) is 0 Å². The second kappa shape index (κ2) is 7.53. The number of rotatable bonds is 7. The first-order chi connectivity index (χ1) is 13.9. The van der Waals surface area contributed by atoms with Gasteiger partial charge in [-0.05, 0) is 66.8 Å². The van der Waals surface area contributed by atoms with Crippen LogP contribution in [-0.2, 0) is 34.1 Å². The molecule has 152 valence electrons. The zero-order valence-corrected chi connectivity index (χ0v) is 16.8. The number of hydrogen-bond donors (Lipinski definition) is 2. The highest BCUT2D eigenvalue weighted by molar-refractivity contribution is 7.92. The molecule has 0 spiro atoms. The number of anilines is 1. The number of nitrogens with zero attached hydrogens (tertiary/aromatic N) is 1. The molecule has 1 heterocycles. The van der Waals surface area contributed by atoms with Gasteiger partial charge in [-0.25, -0.2) is 13.2 Å². The molecule has 3 aromatic rings. The van der Waals surface area contributed by atoms with Gasteiger partial charge in [0.1, 0.15) is 0 Å². The quantitative estimate of drug-likeness (QED) is 0.618. The number of carbonyl (C=O) groups is 1. The van der Waals surface area contributed by atoms with Crippen LogP contribution in [0, 0.1) is 0 Å². The number of ether oxygens (including phenoxy) is 1. The third kappa shape index (κ3) is 3.73. The van der Waals surface area contributed by atoms with E-state index in [4.69, 9.17) is 4.74 Å². The molecule has 4 rings (SSSR count). The Bertz CT molecular complexity index is 1200. The maximum absolute atomic E-state index is 13.1. The summed E-state index contributed by atoms with van der Waals surface area (Å²) in [6.45, 7) is 1.29. The molecule has 0 atom stereocenters. The number of aromatic nitrogens is 1. The number of aromatic carboxylic acids is 1.